The van der Waals surface area contributed by atoms with Crippen molar-refractivity contribution in [1.29, 1.82) is 0 Å². The van der Waals surface area contributed by atoms with E-state index in [2.05, 4.69) is 16.0 Å². The zero-order chi connectivity index (χ0) is 19.2. The lowest BCUT2D eigenvalue weighted by molar-refractivity contribution is -0.128. The number of imide groups is 1. The second-order valence-corrected chi connectivity index (χ2v) is 6.50. The SMILES string of the molecule is CC(=O)Nc1cccc(C(=O)O[C@@H](C)C(=O)NC(=O)NC(C)(C)C)c1. The summed E-state index contributed by atoms with van der Waals surface area (Å²) in [6.07, 6.45) is -1.16. The van der Waals surface area contributed by atoms with Crippen LogP contribution in [-0.2, 0) is 14.3 Å². The van der Waals surface area contributed by atoms with Crippen molar-refractivity contribution < 1.29 is 23.9 Å². The van der Waals surface area contributed by atoms with Gasteiger partial charge in [0.25, 0.3) is 5.91 Å². The Bertz CT molecular complexity index is 679. The lowest BCUT2D eigenvalue weighted by atomic mass is 10.1. The molecule has 4 amide bonds. The van der Waals surface area contributed by atoms with Gasteiger partial charge in [0.15, 0.2) is 6.10 Å². The molecule has 0 heterocycles. The molecule has 0 saturated carbocycles. The summed E-state index contributed by atoms with van der Waals surface area (Å²) in [5, 5.41) is 7.22. The van der Waals surface area contributed by atoms with E-state index in [1.54, 1.807) is 32.9 Å². The van der Waals surface area contributed by atoms with Gasteiger partial charge in [0, 0.05) is 18.2 Å². The Morgan fingerprint density at radius 3 is 2.32 bits per heavy atom. The van der Waals surface area contributed by atoms with E-state index in [0.29, 0.717) is 5.69 Å². The molecule has 0 unspecified atom stereocenters. The fourth-order valence-corrected chi connectivity index (χ4v) is 1.79. The molecule has 0 aliphatic carbocycles. The number of nitrogens with one attached hydrogen (secondary N) is 3. The maximum atomic E-state index is 12.1. The highest BCUT2D eigenvalue weighted by molar-refractivity contribution is 5.99. The van der Waals surface area contributed by atoms with Gasteiger partial charge < -0.3 is 15.4 Å². The average Bonchev–Trinajstić information content (AvgIpc) is 2.44. The largest absolute Gasteiger partial charge is 0.449 e. The Morgan fingerprint density at radius 2 is 1.76 bits per heavy atom. The van der Waals surface area contributed by atoms with Crippen molar-refractivity contribution in [2.75, 3.05) is 5.32 Å². The lowest BCUT2D eigenvalue weighted by Crippen LogP contribution is -2.50. The molecule has 0 bridgehead atoms. The number of carbonyl (C=O) groups excluding carboxylic acids is 4. The topological polar surface area (TPSA) is 114 Å². The van der Waals surface area contributed by atoms with Gasteiger partial charge in [0.05, 0.1) is 5.56 Å². The zero-order valence-electron chi connectivity index (χ0n) is 14.9. The van der Waals surface area contributed by atoms with Gasteiger partial charge in [-0.15, -0.1) is 0 Å². The molecule has 3 N–H and O–H groups in total. The number of carbonyl (C=O) groups is 4. The molecule has 0 spiro atoms. The van der Waals surface area contributed by atoms with Gasteiger partial charge in [-0.2, -0.15) is 0 Å². The number of benzene rings is 1. The van der Waals surface area contributed by atoms with Crippen LogP contribution in [0, 0.1) is 0 Å². The predicted molar refractivity (Wildman–Crippen MR) is 92.1 cm³/mol. The fraction of sp³-hybridized carbons (Fsp3) is 0.412. The summed E-state index contributed by atoms with van der Waals surface area (Å²) >= 11 is 0. The van der Waals surface area contributed by atoms with Crippen LogP contribution in [0.4, 0.5) is 10.5 Å². The molecule has 1 rings (SSSR count). The molecule has 0 aromatic heterocycles. The van der Waals surface area contributed by atoms with E-state index in [0.717, 1.165) is 0 Å². The quantitative estimate of drug-likeness (QED) is 0.718. The van der Waals surface area contributed by atoms with Crippen molar-refractivity contribution in [1.82, 2.24) is 10.6 Å². The van der Waals surface area contributed by atoms with Gasteiger partial charge in [-0.25, -0.2) is 9.59 Å². The normalized spacial score (nSPS) is 11.9. The first kappa shape index (κ1) is 20.1. The van der Waals surface area contributed by atoms with Crippen LogP contribution < -0.4 is 16.0 Å². The first-order valence-corrected chi connectivity index (χ1v) is 7.69. The Kier molecular flexibility index (Phi) is 6.67. The summed E-state index contributed by atoms with van der Waals surface area (Å²) < 4.78 is 5.05. The first-order valence-electron chi connectivity index (χ1n) is 7.69. The number of ether oxygens (including phenoxy) is 1. The monoisotopic (exact) mass is 349 g/mol. The minimum atomic E-state index is -1.16. The summed E-state index contributed by atoms with van der Waals surface area (Å²) in [5.74, 6) is -1.76. The molecule has 8 heteroatoms. The molecule has 0 saturated heterocycles. The van der Waals surface area contributed by atoms with Crippen LogP contribution >= 0.6 is 0 Å². The molecule has 25 heavy (non-hydrogen) atoms. The summed E-state index contributed by atoms with van der Waals surface area (Å²) in [5.41, 5.74) is 0.0997. The number of anilines is 1. The number of esters is 1. The number of urea groups is 1. The van der Waals surface area contributed by atoms with E-state index >= 15 is 0 Å². The van der Waals surface area contributed by atoms with Gasteiger partial charge in [-0.05, 0) is 45.9 Å². The van der Waals surface area contributed by atoms with Crippen molar-refractivity contribution in [2.24, 2.45) is 0 Å². The van der Waals surface area contributed by atoms with E-state index in [9.17, 15) is 19.2 Å². The Balaban J connectivity index is 2.65. The minimum Gasteiger partial charge on any atom is -0.449 e. The van der Waals surface area contributed by atoms with Crippen LogP contribution in [0.3, 0.4) is 0 Å². The van der Waals surface area contributed by atoms with Crippen LogP contribution in [0.1, 0.15) is 45.0 Å². The smallest absolute Gasteiger partial charge is 0.338 e. The average molecular weight is 349 g/mol. The summed E-state index contributed by atoms with van der Waals surface area (Å²) in [4.78, 5) is 46.7. The Hall–Kier alpha value is -2.90. The molecule has 0 aliphatic rings. The van der Waals surface area contributed by atoms with Crippen LogP contribution in [0.25, 0.3) is 0 Å². The summed E-state index contributed by atoms with van der Waals surface area (Å²) in [7, 11) is 0. The van der Waals surface area contributed by atoms with Crippen LogP contribution in [0.15, 0.2) is 24.3 Å². The zero-order valence-corrected chi connectivity index (χ0v) is 14.9. The summed E-state index contributed by atoms with van der Waals surface area (Å²) in [6, 6.07) is 5.44. The Morgan fingerprint density at radius 1 is 1.12 bits per heavy atom. The molecule has 136 valence electrons. The van der Waals surface area contributed by atoms with Crippen molar-refractivity contribution >= 4 is 29.5 Å². The van der Waals surface area contributed by atoms with Crippen molar-refractivity contribution in [3.8, 4) is 0 Å². The number of hydrogen-bond acceptors (Lipinski definition) is 5. The van der Waals surface area contributed by atoms with Gasteiger partial charge in [0.2, 0.25) is 5.91 Å². The molecule has 8 nitrogen and oxygen atoms in total. The number of rotatable bonds is 4. The molecular formula is C17H23N3O5. The molecule has 0 fully saturated rings. The standard InChI is InChI=1S/C17H23N3O5/c1-10(14(22)19-16(24)20-17(3,4)5)25-15(23)12-7-6-8-13(9-12)18-11(2)21/h6-10H,1-5H3,(H,18,21)(H2,19,20,22,24)/t10-/m0/s1. The Labute approximate surface area is 146 Å². The molecular weight excluding hydrogens is 326 g/mol. The van der Waals surface area contributed by atoms with Crippen molar-refractivity contribution in [3.63, 3.8) is 0 Å². The second kappa shape index (κ2) is 8.27. The highest BCUT2D eigenvalue weighted by Gasteiger charge is 2.22. The van der Waals surface area contributed by atoms with E-state index in [-0.39, 0.29) is 11.5 Å². The van der Waals surface area contributed by atoms with Crippen LogP contribution in [0.2, 0.25) is 0 Å². The first-order chi connectivity index (χ1) is 11.5. The van der Waals surface area contributed by atoms with Gasteiger partial charge >= 0.3 is 12.0 Å². The van der Waals surface area contributed by atoms with E-state index in [1.165, 1.54) is 26.0 Å². The van der Waals surface area contributed by atoms with Gasteiger partial charge in [-0.3, -0.25) is 14.9 Å². The van der Waals surface area contributed by atoms with Crippen LogP contribution in [0.5, 0.6) is 0 Å². The number of hydrogen-bond donors (Lipinski definition) is 3. The van der Waals surface area contributed by atoms with Crippen LogP contribution in [-0.4, -0.2) is 35.5 Å². The highest BCUT2D eigenvalue weighted by atomic mass is 16.5. The maximum absolute atomic E-state index is 12.1. The van der Waals surface area contributed by atoms with Crippen molar-refractivity contribution in [2.45, 2.75) is 46.3 Å². The molecule has 1 atom stereocenters. The number of amides is 4. The van der Waals surface area contributed by atoms with Gasteiger partial charge in [0.1, 0.15) is 0 Å². The van der Waals surface area contributed by atoms with Crippen molar-refractivity contribution in [3.05, 3.63) is 29.8 Å². The molecule has 0 aliphatic heterocycles. The second-order valence-electron chi connectivity index (χ2n) is 6.50. The van der Waals surface area contributed by atoms with E-state index < -0.39 is 29.6 Å². The molecule has 1 aromatic carbocycles. The lowest BCUT2D eigenvalue weighted by Gasteiger charge is -2.21. The van der Waals surface area contributed by atoms with E-state index in [4.69, 9.17) is 4.74 Å². The fourth-order valence-electron chi connectivity index (χ4n) is 1.79. The molecule has 0 radical (unpaired) electrons. The van der Waals surface area contributed by atoms with E-state index in [1.807, 2.05) is 0 Å². The highest BCUT2D eigenvalue weighted by Crippen LogP contribution is 2.12. The summed E-state index contributed by atoms with van der Waals surface area (Å²) in [6.45, 7) is 8.00. The predicted octanol–water partition coefficient (Wildman–Crippen LogP) is 1.81. The third-order valence-electron chi connectivity index (χ3n) is 2.80. The minimum absolute atomic E-state index is 0.171. The third-order valence-corrected chi connectivity index (χ3v) is 2.80. The maximum Gasteiger partial charge on any atom is 0.338 e. The third kappa shape index (κ3) is 7.47. The van der Waals surface area contributed by atoms with Gasteiger partial charge in [-0.1, -0.05) is 6.07 Å². The molecule has 1 aromatic rings.